The Bertz CT molecular complexity index is 604. The minimum Gasteiger partial charge on any atom is -0.288 e. The third-order valence-corrected chi connectivity index (χ3v) is 3.06. The highest BCUT2D eigenvalue weighted by molar-refractivity contribution is 6.05. The van der Waals surface area contributed by atoms with Gasteiger partial charge in [0.05, 0.1) is 0 Å². The van der Waals surface area contributed by atoms with Gasteiger partial charge >= 0.3 is 0 Å². The smallest absolute Gasteiger partial charge is 0.204 e. The number of carbonyl (C=O) groups excluding carboxylic acids is 1. The van der Waals surface area contributed by atoms with Gasteiger partial charge in [0.1, 0.15) is 5.69 Å². The summed E-state index contributed by atoms with van der Waals surface area (Å²) in [5.41, 5.74) is 5.18. The maximum atomic E-state index is 12.0. The molecule has 0 bridgehead atoms. The first-order chi connectivity index (χ1) is 9.08. The molecular formula is C17H17NO. The van der Waals surface area contributed by atoms with Crippen molar-refractivity contribution in [2.75, 3.05) is 0 Å². The van der Waals surface area contributed by atoms with Crippen LogP contribution < -0.4 is 0 Å². The molecule has 1 heterocycles. The van der Waals surface area contributed by atoms with Crippen molar-refractivity contribution in [2.45, 2.75) is 20.8 Å². The van der Waals surface area contributed by atoms with Crippen LogP contribution in [0.4, 0.5) is 0 Å². The molecule has 0 unspecified atom stereocenters. The molecule has 0 saturated carbocycles. The van der Waals surface area contributed by atoms with Crippen LogP contribution in [0.5, 0.6) is 0 Å². The van der Waals surface area contributed by atoms with E-state index in [4.69, 9.17) is 0 Å². The van der Waals surface area contributed by atoms with Gasteiger partial charge in [-0.15, -0.1) is 0 Å². The molecule has 2 nitrogen and oxygen atoms in total. The first-order valence-corrected chi connectivity index (χ1v) is 6.29. The van der Waals surface area contributed by atoms with E-state index in [1.807, 2.05) is 12.1 Å². The lowest BCUT2D eigenvalue weighted by atomic mass is 9.99. The normalized spacial score (nSPS) is 10.9. The average Bonchev–Trinajstić information content (AvgIpc) is 2.38. The molecule has 0 aliphatic heterocycles. The van der Waals surface area contributed by atoms with Crippen molar-refractivity contribution in [1.82, 2.24) is 4.98 Å². The van der Waals surface area contributed by atoms with E-state index < -0.39 is 0 Å². The summed E-state index contributed by atoms with van der Waals surface area (Å²) in [4.78, 5) is 16.0. The van der Waals surface area contributed by atoms with Crippen molar-refractivity contribution in [2.24, 2.45) is 0 Å². The van der Waals surface area contributed by atoms with Crippen LogP contribution in [0, 0.1) is 20.8 Å². The summed E-state index contributed by atoms with van der Waals surface area (Å²) in [5.74, 6) is -0.0695. The highest BCUT2D eigenvalue weighted by Crippen LogP contribution is 2.18. The van der Waals surface area contributed by atoms with Crippen LogP contribution >= 0.6 is 0 Å². The molecule has 0 radical (unpaired) electrons. The molecule has 0 spiro atoms. The van der Waals surface area contributed by atoms with Gasteiger partial charge in [0, 0.05) is 6.20 Å². The monoisotopic (exact) mass is 251 g/mol. The zero-order valence-electron chi connectivity index (χ0n) is 11.5. The number of pyridine rings is 1. The number of ketones is 1. The predicted molar refractivity (Wildman–Crippen MR) is 78.3 cm³/mol. The Hall–Kier alpha value is -2.22. The number of aryl methyl sites for hydroxylation is 3. The van der Waals surface area contributed by atoms with Gasteiger partial charge in [-0.05, 0) is 55.7 Å². The largest absolute Gasteiger partial charge is 0.288 e. The van der Waals surface area contributed by atoms with E-state index in [-0.39, 0.29) is 5.78 Å². The SMILES string of the molecule is Cc1cc(C)c(C=CC(=O)c2ccccn2)c(C)c1. The van der Waals surface area contributed by atoms with Crippen molar-refractivity contribution in [3.8, 4) is 0 Å². The van der Waals surface area contributed by atoms with E-state index in [9.17, 15) is 4.79 Å². The Morgan fingerprint density at radius 3 is 2.37 bits per heavy atom. The van der Waals surface area contributed by atoms with Crippen LogP contribution in [-0.2, 0) is 0 Å². The summed E-state index contributed by atoms with van der Waals surface area (Å²) in [6, 6.07) is 9.59. The third kappa shape index (κ3) is 3.16. The minimum absolute atomic E-state index is 0.0695. The maximum absolute atomic E-state index is 12.0. The molecule has 19 heavy (non-hydrogen) atoms. The number of nitrogens with zero attached hydrogens (tertiary/aromatic N) is 1. The van der Waals surface area contributed by atoms with E-state index in [0.29, 0.717) is 5.69 Å². The Morgan fingerprint density at radius 2 is 1.79 bits per heavy atom. The van der Waals surface area contributed by atoms with Crippen LogP contribution in [0.1, 0.15) is 32.7 Å². The van der Waals surface area contributed by atoms with Gasteiger partial charge in [0.15, 0.2) is 0 Å². The van der Waals surface area contributed by atoms with Crippen molar-refractivity contribution >= 4 is 11.9 Å². The van der Waals surface area contributed by atoms with Crippen LogP contribution in [-0.4, -0.2) is 10.8 Å². The molecule has 0 saturated heterocycles. The van der Waals surface area contributed by atoms with E-state index in [1.54, 1.807) is 24.4 Å². The molecule has 0 aliphatic rings. The van der Waals surface area contributed by atoms with E-state index >= 15 is 0 Å². The van der Waals surface area contributed by atoms with Gasteiger partial charge in [0.2, 0.25) is 5.78 Å². The van der Waals surface area contributed by atoms with Crippen molar-refractivity contribution in [3.05, 3.63) is 70.6 Å². The van der Waals surface area contributed by atoms with Gasteiger partial charge in [0.25, 0.3) is 0 Å². The van der Waals surface area contributed by atoms with Crippen molar-refractivity contribution in [3.63, 3.8) is 0 Å². The zero-order chi connectivity index (χ0) is 13.8. The van der Waals surface area contributed by atoms with Gasteiger partial charge in [-0.1, -0.05) is 29.8 Å². The predicted octanol–water partition coefficient (Wildman–Crippen LogP) is 3.90. The summed E-state index contributed by atoms with van der Waals surface area (Å²) < 4.78 is 0. The van der Waals surface area contributed by atoms with Crippen molar-refractivity contribution in [1.29, 1.82) is 0 Å². The Kier molecular flexibility index (Phi) is 3.91. The second kappa shape index (κ2) is 5.61. The Morgan fingerprint density at radius 1 is 1.11 bits per heavy atom. The number of aromatic nitrogens is 1. The maximum Gasteiger partial charge on any atom is 0.204 e. The number of hydrogen-bond donors (Lipinski definition) is 0. The molecule has 1 aromatic carbocycles. The molecular weight excluding hydrogens is 234 g/mol. The topological polar surface area (TPSA) is 30.0 Å². The molecule has 2 rings (SSSR count). The molecule has 0 N–H and O–H groups in total. The summed E-state index contributed by atoms with van der Waals surface area (Å²) >= 11 is 0. The summed E-state index contributed by atoms with van der Waals surface area (Å²) in [6.45, 7) is 6.20. The first kappa shape index (κ1) is 13.2. The summed E-state index contributed by atoms with van der Waals surface area (Å²) in [6.07, 6.45) is 5.09. The van der Waals surface area contributed by atoms with Gasteiger partial charge in [-0.2, -0.15) is 0 Å². The highest BCUT2D eigenvalue weighted by atomic mass is 16.1. The van der Waals surface area contributed by atoms with Gasteiger partial charge in [-0.3, -0.25) is 9.78 Å². The Balaban J connectivity index is 2.27. The molecule has 0 atom stereocenters. The van der Waals surface area contributed by atoms with Crippen LogP contribution in [0.2, 0.25) is 0 Å². The molecule has 0 amide bonds. The second-order valence-electron chi connectivity index (χ2n) is 4.72. The number of hydrogen-bond acceptors (Lipinski definition) is 2. The first-order valence-electron chi connectivity index (χ1n) is 6.29. The lowest BCUT2D eigenvalue weighted by Gasteiger charge is -2.06. The number of rotatable bonds is 3. The molecule has 2 heteroatoms. The molecule has 1 aromatic heterocycles. The number of allylic oxidation sites excluding steroid dienone is 1. The Labute approximate surface area is 113 Å². The zero-order valence-corrected chi connectivity index (χ0v) is 11.5. The fourth-order valence-corrected chi connectivity index (χ4v) is 2.21. The standard InChI is InChI=1S/C17H17NO/c1-12-10-13(2)15(14(3)11-12)7-8-17(19)16-6-4-5-9-18-16/h4-11H,1-3H3. The molecule has 2 aromatic rings. The lowest BCUT2D eigenvalue weighted by molar-refractivity contribution is 0.104. The van der Waals surface area contributed by atoms with E-state index in [2.05, 4.69) is 37.9 Å². The fraction of sp³-hybridized carbons (Fsp3) is 0.176. The number of benzene rings is 1. The quantitative estimate of drug-likeness (QED) is 0.611. The van der Waals surface area contributed by atoms with Gasteiger partial charge < -0.3 is 0 Å². The van der Waals surface area contributed by atoms with E-state index in [1.165, 1.54) is 16.7 Å². The minimum atomic E-state index is -0.0695. The summed E-state index contributed by atoms with van der Waals surface area (Å²) in [7, 11) is 0. The van der Waals surface area contributed by atoms with Crippen LogP contribution in [0.3, 0.4) is 0 Å². The highest BCUT2D eigenvalue weighted by Gasteiger charge is 2.04. The third-order valence-electron chi connectivity index (χ3n) is 3.06. The number of carbonyl (C=O) groups is 1. The molecule has 96 valence electrons. The summed E-state index contributed by atoms with van der Waals surface area (Å²) in [5, 5.41) is 0. The lowest BCUT2D eigenvalue weighted by Crippen LogP contribution is -1.97. The van der Waals surface area contributed by atoms with Gasteiger partial charge in [-0.25, -0.2) is 0 Å². The average molecular weight is 251 g/mol. The van der Waals surface area contributed by atoms with Crippen LogP contribution in [0.25, 0.3) is 6.08 Å². The van der Waals surface area contributed by atoms with E-state index in [0.717, 1.165) is 5.56 Å². The van der Waals surface area contributed by atoms with Crippen molar-refractivity contribution < 1.29 is 4.79 Å². The fourth-order valence-electron chi connectivity index (χ4n) is 2.21. The molecule has 0 fully saturated rings. The second-order valence-corrected chi connectivity index (χ2v) is 4.72. The van der Waals surface area contributed by atoms with Crippen LogP contribution in [0.15, 0.2) is 42.6 Å². The molecule has 0 aliphatic carbocycles.